The minimum absolute atomic E-state index is 0.0705. The topological polar surface area (TPSA) is 49.4 Å². The van der Waals surface area contributed by atoms with Crippen LogP contribution in [0, 0.1) is 11.8 Å². The predicted octanol–water partition coefficient (Wildman–Crippen LogP) is 4.25. The average molecular weight is 396 g/mol. The van der Waals surface area contributed by atoms with Gasteiger partial charge in [0.2, 0.25) is 5.91 Å². The summed E-state index contributed by atoms with van der Waals surface area (Å²) in [6.45, 7) is 3.13. The molecule has 1 aromatic rings. The van der Waals surface area contributed by atoms with Gasteiger partial charge in [-0.3, -0.25) is 9.59 Å². The lowest BCUT2D eigenvalue weighted by Crippen LogP contribution is -2.46. The van der Waals surface area contributed by atoms with Crippen molar-refractivity contribution >= 4 is 11.8 Å². The first-order chi connectivity index (χ1) is 13.2. The minimum Gasteiger partial charge on any atom is -0.353 e. The molecule has 4 nitrogen and oxygen atoms in total. The van der Waals surface area contributed by atoms with Crippen LogP contribution in [0.15, 0.2) is 24.3 Å². The van der Waals surface area contributed by atoms with E-state index in [2.05, 4.69) is 12.2 Å². The first-order valence-corrected chi connectivity index (χ1v) is 10.0. The average Bonchev–Trinajstić information content (AvgIpc) is 2.69. The zero-order chi connectivity index (χ0) is 20.3. The van der Waals surface area contributed by atoms with Gasteiger partial charge in [-0.2, -0.15) is 13.2 Å². The standard InChI is InChI=1S/C21H27F3N2O2/c1-14-2-8-18(9-3-14)25-19(27)15-10-12-26(13-11-15)20(28)16-4-6-17(7-5-16)21(22,23)24/h4-7,14-15,18H,2-3,8-13H2,1H3,(H,25,27). The maximum absolute atomic E-state index is 12.6. The van der Waals surface area contributed by atoms with Crippen molar-refractivity contribution in [3.05, 3.63) is 35.4 Å². The van der Waals surface area contributed by atoms with E-state index in [9.17, 15) is 22.8 Å². The highest BCUT2D eigenvalue weighted by molar-refractivity contribution is 5.94. The fourth-order valence-corrected chi connectivity index (χ4v) is 4.05. The molecule has 1 heterocycles. The van der Waals surface area contributed by atoms with Crippen LogP contribution in [-0.2, 0) is 11.0 Å². The third-order valence-electron chi connectivity index (χ3n) is 5.97. The molecule has 0 bridgehead atoms. The summed E-state index contributed by atoms with van der Waals surface area (Å²) in [5, 5.41) is 3.16. The number of hydrogen-bond donors (Lipinski definition) is 1. The van der Waals surface area contributed by atoms with Crippen molar-refractivity contribution in [2.75, 3.05) is 13.1 Å². The van der Waals surface area contributed by atoms with Crippen molar-refractivity contribution in [3.8, 4) is 0 Å². The Balaban J connectivity index is 1.49. The van der Waals surface area contributed by atoms with E-state index >= 15 is 0 Å². The predicted molar refractivity (Wildman–Crippen MR) is 99.6 cm³/mol. The SMILES string of the molecule is CC1CCC(NC(=O)C2CCN(C(=O)c3ccc(C(F)(F)F)cc3)CC2)CC1. The van der Waals surface area contributed by atoms with Crippen LogP contribution in [0.1, 0.15) is 61.4 Å². The Morgan fingerprint density at radius 1 is 0.964 bits per heavy atom. The van der Waals surface area contributed by atoms with E-state index in [1.165, 1.54) is 12.1 Å². The van der Waals surface area contributed by atoms with Crippen LogP contribution in [0.5, 0.6) is 0 Å². The van der Waals surface area contributed by atoms with Gasteiger partial charge in [0.15, 0.2) is 0 Å². The van der Waals surface area contributed by atoms with Crippen LogP contribution >= 0.6 is 0 Å². The number of alkyl halides is 3. The molecule has 0 unspecified atom stereocenters. The van der Waals surface area contributed by atoms with E-state index in [4.69, 9.17) is 0 Å². The Morgan fingerprint density at radius 3 is 2.07 bits per heavy atom. The summed E-state index contributed by atoms with van der Waals surface area (Å²) in [5.74, 6) is 0.415. The van der Waals surface area contributed by atoms with Gasteiger partial charge in [-0.1, -0.05) is 6.92 Å². The zero-order valence-corrected chi connectivity index (χ0v) is 16.1. The van der Waals surface area contributed by atoms with Crippen molar-refractivity contribution in [1.82, 2.24) is 10.2 Å². The summed E-state index contributed by atoms with van der Waals surface area (Å²) in [4.78, 5) is 26.7. The number of halogens is 3. The smallest absolute Gasteiger partial charge is 0.353 e. The molecule has 2 amide bonds. The lowest BCUT2D eigenvalue weighted by molar-refractivity contribution is -0.137. The van der Waals surface area contributed by atoms with Gasteiger partial charge in [0.1, 0.15) is 0 Å². The van der Waals surface area contributed by atoms with E-state index in [1.807, 2.05) is 0 Å². The molecule has 3 rings (SSSR count). The number of hydrogen-bond acceptors (Lipinski definition) is 2. The van der Waals surface area contributed by atoms with Crippen molar-refractivity contribution < 1.29 is 22.8 Å². The molecule has 1 saturated carbocycles. The number of piperidine rings is 1. The maximum Gasteiger partial charge on any atom is 0.416 e. The largest absolute Gasteiger partial charge is 0.416 e. The van der Waals surface area contributed by atoms with Crippen LogP contribution in [0.25, 0.3) is 0 Å². The van der Waals surface area contributed by atoms with Gasteiger partial charge in [0, 0.05) is 30.6 Å². The van der Waals surface area contributed by atoms with Crippen LogP contribution < -0.4 is 5.32 Å². The molecule has 2 aliphatic rings. The van der Waals surface area contributed by atoms with Gasteiger partial charge >= 0.3 is 6.18 Å². The van der Waals surface area contributed by atoms with E-state index in [0.29, 0.717) is 25.9 Å². The Labute approximate surface area is 163 Å². The molecular weight excluding hydrogens is 369 g/mol. The zero-order valence-electron chi connectivity index (χ0n) is 16.1. The van der Waals surface area contributed by atoms with Crippen LogP contribution in [0.2, 0.25) is 0 Å². The van der Waals surface area contributed by atoms with E-state index in [1.54, 1.807) is 4.90 Å². The molecule has 0 spiro atoms. The molecule has 1 aromatic carbocycles. The van der Waals surface area contributed by atoms with Gasteiger partial charge in [-0.25, -0.2) is 0 Å². The third kappa shape index (κ3) is 5.06. The monoisotopic (exact) mass is 396 g/mol. The second-order valence-electron chi connectivity index (χ2n) is 8.11. The summed E-state index contributed by atoms with van der Waals surface area (Å²) in [6, 6.07) is 4.55. The first-order valence-electron chi connectivity index (χ1n) is 10.0. The number of nitrogens with zero attached hydrogens (tertiary/aromatic N) is 1. The summed E-state index contributed by atoms with van der Waals surface area (Å²) >= 11 is 0. The first kappa shape index (κ1) is 20.7. The van der Waals surface area contributed by atoms with Crippen molar-refractivity contribution in [2.24, 2.45) is 11.8 Å². The highest BCUT2D eigenvalue weighted by Gasteiger charge is 2.32. The Morgan fingerprint density at radius 2 is 1.54 bits per heavy atom. The molecule has 0 aromatic heterocycles. The number of benzene rings is 1. The maximum atomic E-state index is 12.6. The van der Waals surface area contributed by atoms with Gasteiger partial charge in [-0.15, -0.1) is 0 Å². The van der Waals surface area contributed by atoms with Crippen molar-refractivity contribution in [3.63, 3.8) is 0 Å². The van der Waals surface area contributed by atoms with E-state index in [-0.39, 0.29) is 29.3 Å². The summed E-state index contributed by atoms with van der Waals surface area (Å²) in [5.41, 5.74) is -0.524. The lowest BCUT2D eigenvalue weighted by atomic mass is 9.86. The molecule has 7 heteroatoms. The van der Waals surface area contributed by atoms with Gasteiger partial charge in [0.25, 0.3) is 5.91 Å². The van der Waals surface area contributed by atoms with E-state index < -0.39 is 11.7 Å². The Bertz CT molecular complexity index is 687. The fourth-order valence-electron chi connectivity index (χ4n) is 4.05. The molecule has 1 saturated heterocycles. The Hall–Kier alpha value is -2.05. The molecule has 0 atom stereocenters. The Kier molecular flexibility index (Phi) is 6.30. The molecule has 0 radical (unpaired) electrons. The normalized spacial score (nSPS) is 24.1. The highest BCUT2D eigenvalue weighted by Crippen LogP contribution is 2.29. The molecule has 28 heavy (non-hydrogen) atoms. The lowest BCUT2D eigenvalue weighted by Gasteiger charge is -2.33. The minimum atomic E-state index is -4.41. The van der Waals surface area contributed by atoms with Gasteiger partial charge in [-0.05, 0) is 68.7 Å². The van der Waals surface area contributed by atoms with E-state index in [0.717, 1.165) is 43.7 Å². The number of carbonyl (C=O) groups is 2. The summed E-state index contributed by atoms with van der Waals surface area (Å²) in [7, 11) is 0. The number of amides is 2. The van der Waals surface area contributed by atoms with Crippen molar-refractivity contribution in [2.45, 2.75) is 57.7 Å². The molecule has 2 fully saturated rings. The number of rotatable bonds is 3. The second-order valence-corrected chi connectivity index (χ2v) is 8.11. The van der Waals surface area contributed by atoms with Crippen LogP contribution in [0.4, 0.5) is 13.2 Å². The third-order valence-corrected chi connectivity index (χ3v) is 5.97. The number of likely N-dealkylation sites (tertiary alicyclic amines) is 1. The molecule has 1 aliphatic carbocycles. The summed E-state index contributed by atoms with van der Waals surface area (Å²) in [6.07, 6.45) is 1.10. The molecule has 1 aliphatic heterocycles. The highest BCUT2D eigenvalue weighted by atomic mass is 19.4. The van der Waals surface area contributed by atoms with Gasteiger partial charge in [0.05, 0.1) is 5.56 Å². The molecule has 1 N–H and O–H groups in total. The summed E-state index contributed by atoms with van der Waals surface area (Å²) < 4.78 is 37.9. The molecule has 154 valence electrons. The molecular formula is C21H27F3N2O2. The second kappa shape index (κ2) is 8.53. The quantitative estimate of drug-likeness (QED) is 0.830. The van der Waals surface area contributed by atoms with Gasteiger partial charge < -0.3 is 10.2 Å². The number of carbonyl (C=O) groups excluding carboxylic acids is 2. The van der Waals surface area contributed by atoms with Crippen molar-refractivity contribution in [1.29, 1.82) is 0 Å². The van der Waals surface area contributed by atoms with Crippen LogP contribution in [0.3, 0.4) is 0 Å². The van der Waals surface area contributed by atoms with Crippen LogP contribution in [-0.4, -0.2) is 35.8 Å². The fraction of sp³-hybridized carbons (Fsp3) is 0.619. The number of nitrogens with one attached hydrogen (secondary N) is 1.